The Morgan fingerprint density at radius 2 is 1.60 bits per heavy atom. The topological polar surface area (TPSA) is 8.17 Å². The Labute approximate surface area is 307 Å². The third-order valence-corrected chi connectivity index (χ3v) is 11.2. The van der Waals surface area contributed by atoms with Crippen LogP contribution < -0.4 is 4.90 Å². The van der Waals surface area contributed by atoms with Crippen molar-refractivity contribution in [3.8, 4) is 0 Å². The first-order valence-corrected chi connectivity index (χ1v) is 18.5. The predicted molar refractivity (Wildman–Crippen MR) is 221 cm³/mol. The van der Waals surface area contributed by atoms with E-state index in [1.807, 2.05) is 6.07 Å². The maximum atomic E-state index is 3.48. The summed E-state index contributed by atoms with van der Waals surface area (Å²) in [5.74, 6) is 0. The summed E-state index contributed by atoms with van der Waals surface area (Å²) in [6.45, 7) is 9.21. The van der Waals surface area contributed by atoms with Gasteiger partial charge in [-0.1, -0.05) is 117 Å². The molecular formula is C50H42N2. The lowest BCUT2D eigenvalue weighted by Gasteiger charge is -2.35. The summed E-state index contributed by atoms with van der Waals surface area (Å²) in [6, 6.07) is 49.0. The van der Waals surface area contributed by atoms with Gasteiger partial charge in [0.05, 0.1) is 11.2 Å². The molecule has 1 heterocycles. The first kappa shape index (κ1) is 31.9. The second-order valence-corrected chi connectivity index (χ2v) is 14.8. The lowest BCUT2D eigenvalue weighted by atomic mass is 9.68. The van der Waals surface area contributed by atoms with Crippen molar-refractivity contribution in [3.05, 3.63) is 191 Å². The molecular weight excluding hydrogens is 629 g/mol. The van der Waals surface area contributed by atoms with Gasteiger partial charge in [0, 0.05) is 33.3 Å². The van der Waals surface area contributed by atoms with Crippen LogP contribution >= 0.6 is 0 Å². The zero-order valence-corrected chi connectivity index (χ0v) is 30.4. The fourth-order valence-electron chi connectivity index (χ4n) is 8.55. The molecule has 2 nitrogen and oxygen atoms in total. The SMILES string of the molecule is C/C(=C\C=C(/C)N(c1ccc2ccccc2c1)c1cccc2c1c1ccc#cc1n2C1=CCCC=C1)c1ccc2c(c1)C(C)(C)c1ccccc1C2. The van der Waals surface area contributed by atoms with E-state index >= 15 is 0 Å². The van der Waals surface area contributed by atoms with Crippen molar-refractivity contribution in [2.24, 2.45) is 0 Å². The zero-order valence-electron chi connectivity index (χ0n) is 30.4. The Hall–Kier alpha value is -6.04. The van der Waals surface area contributed by atoms with Gasteiger partial charge in [-0.3, -0.25) is 0 Å². The highest BCUT2D eigenvalue weighted by molar-refractivity contribution is 6.16. The van der Waals surface area contributed by atoms with Crippen molar-refractivity contribution in [2.75, 3.05) is 4.90 Å². The van der Waals surface area contributed by atoms with Crippen LogP contribution in [0.1, 0.15) is 68.4 Å². The smallest absolute Gasteiger partial charge is 0.105 e. The van der Waals surface area contributed by atoms with E-state index in [9.17, 15) is 0 Å². The number of aromatic nitrogens is 1. The van der Waals surface area contributed by atoms with Crippen LogP contribution in [-0.2, 0) is 11.8 Å². The minimum atomic E-state index is -0.0460. The van der Waals surface area contributed by atoms with Crippen molar-refractivity contribution in [2.45, 2.75) is 52.4 Å². The van der Waals surface area contributed by atoms with Gasteiger partial charge in [0.25, 0.3) is 0 Å². The van der Waals surface area contributed by atoms with Gasteiger partial charge in [0.15, 0.2) is 0 Å². The molecule has 2 aliphatic carbocycles. The lowest BCUT2D eigenvalue weighted by molar-refractivity contribution is 0.610. The monoisotopic (exact) mass is 670 g/mol. The van der Waals surface area contributed by atoms with Crippen molar-refractivity contribution < 1.29 is 0 Å². The van der Waals surface area contributed by atoms with Crippen molar-refractivity contribution in [3.63, 3.8) is 0 Å². The lowest BCUT2D eigenvalue weighted by Crippen LogP contribution is -2.27. The molecule has 2 aliphatic rings. The van der Waals surface area contributed by atoms with Crippen molar-refractivity contribution >= 4 is 55.2 Å². The normalized spacial score (nSPS) is 15.3. The summed E-state index contributed by atoms with van der Waals surface area (Å²) in [5, 5.41) is 4.84. The standard InChI is InChI=1S/C50H42N2/c1-34(37-27-28-40-31-39-17-10-12-21-44(39)50(3,4)45(40)33-37)25-26-35(2)51(42-30-29-36-15-8-9-16-38(36)32-42)47-23-14-24-48-49(47)43-20-11-13-22-46(43)52(48)41-18-6-5-7-19-41/h6,8-12,14-21,23-30,32-33H,5,7,31H2,1-4H3/b34-25+,35-26+. The second kappa shape index (κ2) is 12.6. The molecule has 0 bridgehead atoms. The number of rotatable bonds is 6. The molecule has 252 valence electrons. The molecule has 0 atom stereocenters. The molecule has 52 heavy (non-hydrogen) atoms. The fourth-order valence-corrected chi connectivity index (χ4v) is 8.55. The van der Waals surface area contributed by atoms with Crippen LogP contribution in [0.15, 0.2) is 151 Å². The van der Waals surface area contributed by atoms with E-state index in [0.29, 0.717) is 0 Å². The van der Waals surface area contributed by atoms with Crippen LogP contribution in [-0.4, -0.2) is 4.57 Å². The molecule has 0 saturated carbocycles. The molecule has 2 heteroatoms. The summed E-state index contributed by atoms with van der Waals surface area (Å²) >= 11 is 0. The molecule has 7 aromatic rings. The van der Waals surface area contributed by atoms with Crippen LogP contribution in [0.25, 0.3) is 43.8 Å². The molecule has 0 radical (unpaired) electrons. The number of hydrogen-bond acceptors (Lipinski definition) is 1. The van der Waals surface area contributed by atoms with Crippen LogP contribution in [0.2, 0.25) is 0 Å². The van der Waals surface area contributed by atoms with Crippen LogP contribution in [0.5, 0.6) is 0 Å². The largest absolute Gasteiger partial charge is 0.314 e. The number of benzene rings is 5. The van der Waals surface area contributed by atoms with E-state index in [1.54, 1.807) is 0 Å². The van der Waals surface area contributed by atoms with E-state index in [-0.39, 0.29) is 5.41 Å². The molecule has 0 fully saturated rings. The van der Waals surface area contributed by atoms with Gasteiger partial charge in [-0.25, -0.2) is 0 Å². The Balaban J connectivity index is 1.19. The van der Waals surface area contributed by atoms with Gasteiger partial charge in [0.1, 0.15) is 5.52 Å². The van der Waals surface area contributed by atoms with Gasteiger partial charge in [-0.05, 0) is 132 Å². The highest BCUT2D eigenvalue weighted by atomic mass is 15.1. The van der Waals surface area contributed by atoms with E-state index in [0.717, 1.165) is 41.9 Å². The molecule has 0 aliphatic heterocycles. The molecule has 6 aromatic carbocycles. The second-order valence-electron chi connectivity index (χ2n) is 14.8. The minimum Gasteiger partial charge on any atom is -0.314 e. The van der Waals surface area contributed by atoms with Crippen LogP contribution in [0.4, 0.5) is 11.4 Å². The number of nitrogens with zero attached hydrogens (tertiary/aromatic N) is 2. The highest BCUT2D eigenvalue weighted by Gasteiger charge is 2.32. The first-order valence-electron chi connectivity index (χ1n) is 18.5. The van der Waals surface area contributed by atoms with Gasteiger partial charge in [-0.2, -0.15) is 0 Å². The van der Waals surface area contributed by atoms with E-state index in [4.69, 9.17) is 0 Å². The summed E-state index contributed by atoms with van der Waals surface area (Å²) < 4.78 is 2.36. The van der Waals surface area contributed by atoms with E-state index in [1.165, 1.54) is 66.1 Å². The molecule has 0 unspecified atom stereocenters. The number of anilines is 2. The number of hydrogen-bond donors (Lipinski definition) is 0. The number of fused-ring (bicyclic) bond motifs is 6. The van der Waals surface area contributed by atoms with Gasteiger partial charge < -0.3 is 9.47 Å². The molecule has 0 amide bonds. The Morgan fingerprint density at radius 3 is 2.46 bits per heavy atom. The van der Waals surface area contributed by atoms with Gasteiger partial charge in [-0.15, -0.1) is 0 Å². The van der Waals surface area contributed by atoms with E-state index in [2.05, 4.69) is 189 Å². The Kier molecular flexibility index (Phi) is 7.75. The molecule has 9 rings (SSSR count). The summed E-state index contributed by atoms with van der Waals surface area (Å²) in [7, 11) is 0. The van der Waals surface area contributed by atoms with Gasteiger partial charge in [0.2, 0.25) is 0 Å². The van der Waals surface area contributed by atoms with Crippen molar-refractivity contribution in [1.82, 2.24) is 4.57 Å². The van der Waals surface area contributed by atoms with Gasteiger partial charge >= 0.3 is 0 Å². The minimum absolute atomic E-state index is 0.0460. The summed E-state index contributed by atoms with van der Waals surface area (Å²) in [4.78, 5) is 2.43. The third kappa shape index (κ3) is 5.28. The average molecular weight is 671 g/mol. The highest BCUT2D eigenvalue weighted by Crippen LogP contribution is 2.44. The van der Waals surface area contributed by atoms with Crippen molar-refractivity contribution in [1.29, 1.82) is 0 Å². The number of allylic oxidation sites excluding steroid dienone is 8. The zero-order chi connectivity index (χ0) is 35.4. The summed E-state index contributed by atoms with van der Waals surface area (Å²) in [5.41, 5.74) is 15.0. The van der Waals surface area contributed by atoms with E-state index < -0.39 is 0 Å². The predicted octanol–water partition coefficient (Wildman–Crippen LogP) is 13.1. The molecule has 1 aromatic heterocycles. The Morgan fingerprint density at radius 1 is 0.769 bits per heavy atom. The Bertz CT molecular complexity index is 2660. The molecule has 0 saturated heterocycles. The van der Waals surface area contributed by atoms with Crippen LogP contribution in [0.3, 0.4) is 0 Å². The molecule has 0 spiro atoms. The fraction of sp³-hybridized carbons (Fsp3) is 0.160. The maximum absolute atomic E-state index is 3.48. The maximum Gasteiger partial charge on any atom is 0.105 e. The first-order chi connectivity index (χ1) is 25.4. The molecule has 0 N–H and O–H groups in total. The summed E-state index contributed by atoms with van der Waals surface area (Å²) in [6.07, 6.45) is 14.5. The quantitative estimate of drug-likeness (QED) is 0.160. The average Bonchev–Trinajstić information content (AvgIpc) is 3.52. The third-order valence-electron chi connectivity index (χ3n) is 11.2. The van der Waals surface area contributed by atoms with Crippen LogP contribution in [0, 0.1) is 12.1 Å².